The number of fused-ring (bicyclic) bond motifs is 13. The quantitative estimate of drug-likeness (QED) is 0.144. The van der Waals surface area contributed by atoms with Crippen molar-refractivity contribution in [1.82, 2.24) is 0 Å². The van der Waals surface area contributed by atoms with E-state index in [0.29, 0.717) is 0 Å². The van der Waals surface area contributed by atoms with Crippen LogP contribution in [0.1, 0.15) is 74.9 Å². The largest absolute Gasteiger partial charge is 0.310 e. The van der Waals surface area contributed by atoms with Crippen LogP contribution >= 0.6 is 0 Å². The van der Waals surface area contributed by atoms with E-state index in [1.165, 1.54) is 116 Å². The van der Waals surface area contributed by atoms with Crippen LogP contribution in [0.25, 0.3) is 88.3 Å². The van der Waals surface area contributed by atoms with Crippen molar-refractivity contribution in [3.8, 4) is 66.8 Å². The number of anilines is 3. The lowest BCUT2D eigenvalue weighted by atomic mass is 9.68. The highest BCUT2D eigenvalue weighted by Crippen LogP contribution is 2.64. The zero-order chi connectivity index (χ0) is 52.9. The number of nitrogens with zero attached hydrogens (tertiary/aromatic N) is 1. The SMILES string of the molecule is CC(C)(C)c1ccc2c(c1)C1(c3ccccc3-c3ccc(N(c4ccc(-c5cccc6c5ccc5ccccc56)cc4)c4ccccc4-c4ccccc4-c4ccccc4-c4ccccc4)cc31)c1cc(C(C)(C)C)ccc1-2. The maximum Gasteiger partial charge on any atom is 0.0726 e. The molecule has 0 bridgehead atoms. The monoisotopic (exact) mass is 999 g/mol. The molecule has 2 aliphatic carbocycles. The van der Waals surface area contributed by atoms with E-state index < -0.39 is 5.41 Å². The molecule has 0 aliphatic heterocycles. The second-order valence-corrected chi connectivity index (χ2v) is 23.6. The molecule has 0 saturated heterocycles. The van der Waals surface area contributed by atoms with Gasteiger partial charge in [0.1, 0.15) is 0 Å². The summed E-state index contributed by atoms with van der Waals surface area (Å²) in [7, 11) is 0. The second kappa shape index (κ2) is 18.0. The molecule has 12 aromatic rings. The molecule has 0 amide bonds. The van der Waals surface area contributed by atoms with Crippen molar-refractivity contribution in [1.29, 1.82) is 0 Å². The fourth-order valence-corrected chi connectivity index (χ4v) is 13.2. The maximum atomic E-state index is 2.55. The van der Waals surface area contributed by atoms with Crippen LogP contribution in [-0.2, 0) is 16.2 Å². The molecule has 78 heavy (non-hydrogen) atoms. The van der Waals surface area contributed by atoms with Gasteiger partial charge in [-0.3, -0.25) is 0 Å². The van der Waals surface area contributed by atoms with Crippen LogP contribution in [0.5, 0.6) is 0 Å². The first-order valence-corrected chi connectivity index (χ1v) is 27.7. The van der Waals surface area contributed by atoms with E-state index in [2.05, 4.69) is 307 Å². The molecular weight excluding hydrogens is 939 g/mol. The highest BCUT2D eigenvalue weighted by molar-refractivity contribution is 6.12. The summed E-state index contributed by atoms with van der Waals surface area (Å²) in [4.78, 5) is 2.53. The van der Waals surface area contributed by atoms with Gasteiger partial charge in [0.2, 0.25) is 0 Å². The molecule has 14 rings (SSSR count). The summed E-state index contributed by atoms with van der Waals surface area (Å²) in [6.07, 6.45) is 0. The smallest absolute Gasteiger partial charge is 0.0726 e. The first kappa shape index (κ1) is 47.4. The van der Waals surface area contributed by atoms with E-state index in [1.807, 2.05) is 0 Å². The predicted octanol–water partition coefficient (Wildman–Crippen LogP) is 21.1. The van der Waals surface area contributed by atoms with E-state index in [9.17, 15) is 0 Å². The van der Waals surface area contributed by atoms with Gasteiger partial charge in [-0.2, -0.15) is 0 Å². The van der Waals surface area contributed by atoms with Crippen LogP contribution in [0.3, 0.4) is 0 Å². The van der Waals surface area contributed by atoms with Crippen LogP contribution in [0, 0.1) is 0 Å². The lowest BCUT2D eigenvalue weighted by Gasteiger charge is -2.34. The van der Waals surface area contributed by atoms with Gasteiger partial charge in [0, 0.05) is 16.9 Å². The van der Waals surface area contributed by atoms with E-state index in [4.69, 9.17) is 0 Å². The maximum absolute atomic E-state index is 2.55. The minimum Gasteiger partial charge on any atom is -0.310 e. The third-order valence-corrected chi connectivity index (χ3v) is 17.0. The van der Waals surface area contributed by atoms with Crippen molar-refractivity contribution in [2.45, 2.75) is 57.8 Å². The summed E-state index contributed by atoms with van der Waals surface area (Å²) >= 11 is 0. The Morgan fingerprint density at radius 2 is 0.731 bits per heavy atom. The molecule has 2 aliphatic rings. The first-order chi connectivity index (χ1) is 38.0. The number of hydrogen-bond donors (Lipinski definition) is 0. The second-order valence-electron chi connectivity index (χ2n) is 23.6. The molecule has 0 radical (unpaired) electrons. The van der Waals surface area contributed by atoms with Crippen molar-refractivity contribution in [2.75, 3.05) is 4.90 Å². The third-order valence-electron chi connectivity index (χ3n) is 17.0. The Labute approximate surface area is 459 Å². The Kier molecular flexibility index (Phi) is 11.0. The number of benzene rings is 12. The van der Waals surface area contributed by atoms with E-state index in [-0.39, 0.29) is 10.8 Å². The fourth-order valence-electron chi connectivity index (χ4n) is 13.2. The topological polar surface area (TPSA) is 3.24 Å². The molecule has 1 spiro atoms. The van der Waals surface area contributed by atoms with Gasteiger partial charge in [0.25, 0.3) is 0 Å². The minimum atomic E-state index is -0.559. The molecule has 0 heterocycles. The van der Waals surface area contributed by atoms with Crippen molar-refractivity contribution in [3.05, 3.63) is 294 Å². The van der Waals surface area contributed by atoms with Gasteiger partial charge in [-0.15, -0.1) is 0 Å². The van der Waals surface area contributed by atoms with Crippen LogP contribution in [-0.4, -0.2) is 0 Å². The summed E-state index contributed by atoms with van der Waals surface area (Å²) < 4.78 is 0. The number of para-hydroxylation sites is 1. The van der Waals surface area contributed by atoms with E-state index in [1.54, 1.807) is 0 Å². The fraction of sp³-hybridized carbons (Fsp3) is 0.117. The van der Waals surface area contributed by atoms with Crippen LogP contribution in [0.15, 0.2) is 261 Å². The zero-order valence-corrected chi connectivity index (χ0v) is 45.3. The molecule has 1 heteroatoms. The van der Waals surface area contributed by atoms with Crippen molar-refractivity contribution in [2.24, 2.45) is 0 Å². The average molecular weight is 1000 g/mol. The van der Waals surface area contributed by atoms with Crippen molar-refractivity contribution >= 4 is 38.6 Å². The van der Waals surface area contributed by atoms with Gasteiger partial charge in [-0.1, -0.05) is 272 Å². The van der Waals surface area contributed by atoms with Gasteiger partial charge in [0.15, 0.2) is 0 Å². The Morgan fingerprint density at radius 3 is 1.40 bits per heavy atom. The van der Waals surface area contributed by atoms with Crippen LogP contribution < -0.4 is 4.90 Å². The Morgan fingerprint density at radius 1 is 0.269 bits per heavy atom. The van der Waals surface area contributed by atoms with Crippen molar-refractivity contribution in [3.63, 3.8) is 0 Å². The molecule has 0 unspecified atom stereocenters. The summed E-state index contributed by atoms with van der Waals surface area (Å²) in [5.74, 6) is 0. The molecule has 0 aromatic heterocycles. The molecular formula is C77H61N. The van der Waals surface area contributed by atoms with E-state index >= 15 is 0 Å². The molecule has 12 aromatic carbocycles. The van der Waals surface area contributed by atoms with Gasteiger partial charge in [0.05, 0.1) is 11.1 Å². The summed E-state index contributed by atoms with van der Waals surface area (Å²) in [6, 6.07) is 98.3. The van der Waals surface area contributed by atoms with Gasteiger partial charge in [-0.05, 0) is 157 Å². The average Bonchev–Trinajstić information content (AvgIpc) is 3.08. The summed E-state index contributed by atoms with van der Waals surface area (Å²) in [5, 5.41) is 5.05. The van der Waals surface area contributed by atoms with Crippen LogP contribution in [0.2, 0.25) is 0 Å². The van der Waals surface area contributed by atoms with Crippen molar-refractivity contribution < 1.29 is 0 Å². The predicted molar refractivity (Wildman–Crippen MR) is 332 cm³/mol. The summed E-state index contributed by atoms with van der Waals surface area (Å²) in [5.41, 5.74) is 25.5. The lowest BCUT2D eigenvalue weighted by molar-refractivity contribution is 0.586. The minimum absolute atomic E-state index is 0.0469. The third kappa shape index (κ3) is 7.43. The Balaban J connectivity index is 1.02. The standard InChI is InChI=1S/C77H61N/c1-75(2,3)53-38-44-66-67-45-39-54(76(4,5)6)48-72(67)77(71(66)47-53)70-33-18-16-29-65(70)68-46-42-56(49-73(68)77)78(55-40-35-52(36-41-55)59-31-20-32-61-58-24-11-10-23-51(58)37-43-64(59)61)74-34-19-17-30-69(74)63-28-15-14-27-62(63)60-26-13-12-25-57(60)50-21-8-7-9-22-50/h7-49H,1-6H3. The van der Waals surface area contributed by atoms with Crippen LogP contribution in [0.4, 0.5) is 17.1 Å². The Bertz CT molecular complexity index is 4270. The molecule has 0 saturated carbocycles. The molecule has 1 nitrogen and oxygen atoms in total. The Hall–Kier alpha value is -9.04. The van der Waals surface area contributed by atoms with Gasteiger partial charge in [-0.25, -0.2) is 0 Å². The first-order valence-electron chi connectivity index (χ1n) is 27.7. The molecule has 374 valence electrons. The number of hydrogen-bond acceptors (Lipinski definition) is 1. The number of rotatable bonds is 7. The summed E-state index contributed by atoms with van der Waals surface area (Å²) in [6.45, 7) is 14.1. The van der Waals surface area contributed by atoms with Gasteiger partial charge >= 0.3 is 0 Å². The molecule has 0 fully saturated rings. The van der Waals surface area contributed by atoms with E-state index in [0.717, 1.165) is 22.6 Å². The lowest BCUT2D eigenvalue weighted by Crippen LogP contribution is -2.27. The molecule has 0 N–H and O–H groups in total. The van der Waals surface area contributed by atoms with Gasteiger partial charge < -0.3 is 4.90 Å². The molecule has 0 atom stereocenters. The highest BCUT2D eigenvalue weighted by atomic mass is 15.1. The highest BCUT2D eigenvalue weighted by Gasteiger charge is 2.52. The normalized spacial score (nSPS) is 13.1. The zero-order valence-electron chi connectivity index (χ0n) is 45.3.